The van der Waals surface area contributed by atoms with Gasteiger partial charge in [0, 0.05) is 74.1 Å². The van der Waals surface area contributed by atoms with E-state index in [1.807, 2.05) is 30.2 Å². The van der Waals surface area contributed by atoms with Crippen LogP contribution in [0.5, 0.6) is 0 Å². The lowest BCUT2D eigenvalue weighted by Gasteiger charge is -2.40. The molecule has 3 aromatic rings. The van der Waals surface area contributed by atoms with Crippen molar-refractivity contribution < 1.29 is 14.4 Å². The topological polar surface area (TPSA) is 129 Å². The summed E-state index contributed by atoms with van der Waals surface area (Å²) in [6.45, 7) is 5.54. The minimum Gasteiger partial charge on any atom is -0.342 e. The van der Waals surface area contributed by atoms with Gasteiger partial charge in [-0.15, -0.1) is 16.4 Å². The minimum absolute atomic E-state index is 0.0264. The van der Waals surface area contributed by atoms with E-state index in [4.69, 9.17) is 4.98 Å². The first-order valence-corrected chi connectivity index (χ1v) is 18.1. The summed E-state index contributed by atoms with van der Waals surface area (Å²) >= 11 is 1.67. The van der Waals surface area contributed by atoms with Gasteiger partial charge in [0.25, 0.3) is 0 Å². The summed E-state index contributed by atoms with van der Waals surface area (Å²) in [6, 6.07) is 3.67. The largest absolute Gasteiger partial charge is 0.342 e. The fourth-order valence-corrected chi connectivity index (χ4v) is 8.95. The van der Waals surface area contributed by atoms with Crippen molar-refractivity contribution in [2.24, 2.45) is 0 Å². The Bertz CT molecular complexity index is 1550. The van der Waals surface area contributed by atoms with Gasteiger partial charge in [0.15, 0.2) is 0 Å². The number of aromatic nitrogens is 5. The van der Waals surface area contributed by atoms with E-state index in [1.165, 1.54) is 25.7 Å². The van der Waals surface area contributed by atoms with Gasteiger partial charge in [-0.1, -0.05) is 24.1 Å². The SMILES string of the molecule is Cc1sc2nc1CC(=O)N(C1CCN(C3CCCC3)CC1)CC(=O)N[C@H](Cc1cn(Cc3cccnc3)nn1)C(=O)N1CCC2CC1. The van der Waals surface area contributed by atoms with Crippen LogP contribution in [0.3, 0.4) is 0 Å². The molecule has 0 unspecified atom stereocenters. The summed E-state index contributed by atoms with van der Waals surface area (Å²) < 4.78 is 1.72. The van der Waals surface area contributed by atoms with Crippen LogP contribution in [0.2, 0.25) is 0 Å². The summed E-state index contributed by atoms with van der Waals surface area (Å²) in [7, 11) is 0. The van der Waals surface area contributed by atoms with Gasteiger partial charge < -0.3 is 20.0 Å². The number of nitrogens with one attached hydrogen (secondary N) is 1. The van der Waals surface area contributed by atoms with E-state index in [-0.39, 0.29) is 49.1 Å². The molecule has 12 nitrogen and oxygen atoms in total. The van der Waals surface area contributed by atoms with Crippen LogP contribution in [0.1, 0.15) is 84.1 Å². The number of rotatable bonds is 6. The van der Waals surface area contributed by atoms with E-state index < -0.39 is 6.04 Å². The number of amides is 3. The van der Waals surface area contributed by atoms with Gasteiger partial charge >= 0.3 is 0 Å². The average molecular weight is 660 g/mol. The Hall–Kier alpha value is -3.71. The Balaban J connectivity index is 1.12. The lowest BCUT2D eigenvalue weighted by molar-refractivity contribution is -0.141. The number of aryl methyl sites for hydroxylation is 1. The summed E-state index contributed by atoms with van der Waals surface area (Å²) in [5, 5.41) is 12.7. The third-order valence-corrected chi connectivity index (χ3v) is 11.7. The molecule has 0 spiro atoms. The van der Waals surface area contributed by atoms with Crippen molar-refractivity contribution in [2.45, 2.75) is 102 Å². The molecule has 4 bridgehead atoms. The van der Waals surface area contributed by atoms with Crippen LogP contribution in [0.25, 0.3) is 0 Å². The second-order valence-corrected chi connectivity index (χ2v) is 14.9. The molecule has 0 aromatic carbocycles. The molecule has 7 heterocycles. The second kappa shape index (κ2) is 14.2. The van der Waals surface area contributed by atoms with Crippen LogP contribution in [-0.2, 0) is 33.8 Å². The molecule has 1 saturated carbocycles. The number of piperidine rings is 2. The molecule has 2 saturated heterocycles. The number of carbonyl (C=O) groups is 3. The number of carbonyl (C=O) groups excluding carboxylic acids is 3. The van der Waals surface area contributed by atoms with E-state index in [9.17, 15) is 14.4 Å². The van der Waals surface area contributed by atoms with Crippen molar-refractivity contribution in [2.75, 3.05) is 32.7 Å². The number of pyridine rings is 1. The summed E-state index contributed by atoms with van der Waals surface area (Å²) in [6.07, 6.45) is 14.2. The Morgan fingerprint density at radius 2 is 1.77 bits per heavy atom. The second-order valence-electron chi connectivity index (χ2n) is 13.7. The lowest BCUT2D eigenvalue weighted by Crippen LogP contribution is -2.56. The average Bonchev–Trinajstić information content (AvgIpc) is 3.86. The molecule has 4 aliphatic heterocycles. The van der Waals surface area contributed by atoms with Crippen molar-refractivity contribution >= 4 is 29.1 Å². The van der Waals surface area contributed by atoms with Crippen LogP contribution >= 0.6 is 11.3 Å². The predicted molar refractivity (Wildman–Crippen MR) is 177 cm³/mol. The maximum atomic E-state index is 14.0. The Morgan fingerprint density at radius 3 is 2.51 bits per heavy atom. The molecule has 3 amide bonds. The fraction of sp³-hybridized carbons (Fsp3) is 0.618. The highest BCUT2D eigenvalue weighted by Crippen LogP contribution is 2.34. The van der Waals surface area contributed by atoms with Gasteiger partial charge in [0.1, 0.15) is 6.04 Å². The van der Waals surface area contributed by atoms with Crippen molar-refractivity contribution in [3.05, 3.63) is 57.6 Å². The van der Waals surface area contributed by atoms with Crippen LogP contribution in [-0.4, -0.2) is 108 Å². The molecule has 3 aromatic heterocycles. The number of likely N-dealkylation sites (tertiary alicyclic amines) is 1. The monoisotopic (exact) mass is 659 g/mol. The van der Waals surface area contributed by atoms with Crippen molar-refractivity contribution in [3.8, 4) is 0 Å². The van der Waals surface area contributed by atoms with Crippen LogP contribution < -0.4 is 5.32 Å². The van der Waals surface area contributed by atoms with Crippen LogP contribution in [0.15, 0.2) is 30.7 Å². The molecule has 8 rings (SSSR count). The standard InChI is InChI=1S/C34H45N9O3S/c1-23-29-18-32(45)43(28-10-15-40(16-11-28)27-6-2-3-7-27)22-31(44)36-30(34(46)41-13-8-25(9-14-41)33(37-29)47-23)17-26-21-42(39-38-26)20-24-5-4-12-35-19-24/h4-5,12,19,21,25,27-28,30H,2-3,6-11,13-18,20,22H2,1H3,(H,36,44)/t30-/m1/s1. The third kappa shape index (κ3) is 7.40. The summed E-state index contributed by atoms with van der Waals surface area (Å²) in [4.78, 5) is 58.3. The first-order valence-electron chi connectivity index (χ1n) is 17.3. The van der Waals surface area contributed by atoms with Gasteiger partial charge in [0.2, 0.25) is 17.7 Å². The molecular formula is C34H45N9O3S. The predicted octanol–water partition coefficient (Wildman–Crippen LogP) is 2.71. The van der Waals surface area contributed by atoms with Crippen molar-refractivity contribution in [1.82, 2.24) is 45.0 Å². The highest BCUT2D eigenvalue weighted by Gasteiger charge is 2.36. The van der Waals surface area contributed by atoms with Gasteiger partial charge in [-0.05, 0) is 57.1 Å². The molecule has 47 heavy (non-hydrogen) atoms. The summed E-state index contributed by atoms with van der Waals surface area (Å²) in [5.74, 6) is -0.248. The summed E-state index contributed by atoms with van der Waals surface area (Å²) in [5.41, 5.74) is 2.44. The smallest absolute Gasteiger partial charge is 0.245 e. The van der Waals surface area contributed by atoms with Crippen molar-refractivity contribution in [3.63, 3.8) is 0 Å². The zero-order chi connectivity index (χ0) is 32.3. The quantitative estimate of drug-likeness (QED) is 0.428. The first kappa shape index (κ1) is 31.9. The lowest BCUT2D eigenvalue weighted by atomic mass is 9.96. The van der Waals surface area contributed by atoms with E-state index in [2.05, 4.69) is 25.5 Å². The molecule has 1 N–H and O–H groups in total. The molecule has 1 atom stereocenters. The maximum Gasteiger partial charge on any atom is 0.245 e. The molecule has 5 aliphatic rings. The molecule has 1 aliphatic carbocycles. The van der Waals surface area contributed by atoms with Crippen LogP contribution in [0.4, 0.5) is 0 Å². The normalized spacial score (nSPS) is 24.1. The van der Waals surface area contributed by atoms with E-state index in [1.54, 1.807) is 33.3 Å². The Labute approximate surface area is 279 Å². The van der Waals surface area contributed by atoms with E-state index in [0.29, 0.717) is 31.4 Å². The van der Waals surface area contributed by atoms with Crippen molar-refractivity contribution in [1.29, 1.82) is 0 Å². The first-order chi connectivity index (χ1) is 22.9. The molecular weight excluding hydrogens is 615 g/mol. The van der Waals surface area contributed by atoms with Gasteiger partial charge in [-0.25, -0.2) is 9.67 Å². The minimum atomic E-state index is -0.804. The fourth-order valence-electron chi connectivity index (χ4n) is 7.85. The Kier molecular flexibility index (Phi) is 9.62. The number of hydrogen-bond donors (Lipinski definition) is 1. The zero-order valence-corrected chi connectivity index (χ0v) is 28.0. The number of hydrogen-bond acceptors (Lipinski definition) is 9. The van der Waals surface area contributed by atoms with Gasteiger partial charge in [-0.3, -0.25) is 19.4 Å². The number of nitrogens with zero attached hydrogens (tertiary/aromatic N) is 8. The van der Waals surface area contributed by atoms with Gasteiger partial charge in [0.05, 0.1) is 35.9 Å². The zero-order valence-electron chi connectivity index (χ0n) is 27.2. The van der Waals surface area contributed by atoms with E-state index in [0.717, 1.165) is 59.9 Å². The third-order valence-electron chi connectivity index (χ3n) is 10.5. The molecule has 13 heteroatoms. The molecule has 250 valence electrons. The number of thiazole rings is 1. The highest BCUT2D eigenvalue weighted by atomic mass is 32.1. The highest BCUT2D eigenvalue weighted by molar-refractivity contribution is 7.11. The molecule has 0 radical (unpaired) electrons. The van der Waals surface area contributed by atoms with Gasteiger partial charge in [-0.2, -0.15) is 0 Å². The Morgan fingerprint density at radius 1 is 0.979 bits per heavy atom. The van der Waals surface area contributed by atoms with E-state index >= 15 is 0 Å². The van der Waals surface area contributed by atoms with Crippen LogP contribution in [0, 0.1) is 6.92 Å². The number of fused-ring (bicyclic) bond motifs is 9. The maximum absolute atomic E-state index is 14.0. The molecule has 3 fully saturated rings.